The fourth-order valence-corrected chi connectivity index (χ4v) is 8.98. The van der Waals surface area contributed by atoms with Crippen molar-refractivity contribution in [1.29, 1.82) is 0 Å². The molecule has 4 aliphatic rings. The molecule has 4 amide bonds. The molecular weight excluding hydrogens is 713 g/mol. The summed E-state index contributed by atoms with van der Waals surface area (Å²) in [6, 6.07) is 10.9. The lowest BCUT2D eigenvalue weighted by Crippen LogP contribution is -2.58. The normalized spacial score (nSPS) is 26.9. The highest BCUT2D eigenvalue weighted by Gasteiger charge is 2.62. The second-order valence-corrected chi connectivity index (χ2v) is 16.7. The molecule has 282 valence electrons. The molecule has 0 spiro atoms. The molecule has 0 radical (unpaired) electrons. The van der Waals surface area contributed by atoms with Crippen molar-refractivity contribution >= 4 is 55.5 Å². The third kappa shape index (κ3) is 7.01. The van der Waals surface area contributed by atoms with Crippen LogP contribution in [0.1, 0.15) is 68.3 Å². The Balaban J connectivity index is 1.12. The summed E-state index contributed by atoms with van der Waals surface area (Å²) >= 11 is 0. The van der Waals surface area contributed by atoms with Gasteiger partial charge < -0.3 is 20.3 Å². The molecule has 0 bridgehead atoms. The highest BCUT2D eigenvalue weighted by molar-refractivity contribution is 7.91. The van der Waals surface area contributed by atoms with Crippen LogP contribution in [-0.4, -0.2) is 92.2 Å². The summed E-state index contributed by atoms with van der Waals surface area (Å²) in [6.45, 7) is -0.0122. The maximum Gasteiger partial charge on any atom is 0.272 e. The minimum absolute atomic E-state index is 0.0122. The molecule has 54 heavy (non-hydrogen) atoms. The molecule has 2 saturated carbocycles. The molecular formula is C38H42N8O7S. The van der Waals surface area contributed by atoms with E-state index in [1.165, 1.54) is 9.58 Å². The number of sulfonamides is 1. The highest BCUT2D eigenvalue weighted by atomic mass is 32.2. The molecule has 4 aromatic rings. The van der Waals surface area contributed by atoms with Gasteiger partial charge in [0.25, 0.3) is 11.8 Å². The topological polar surface area (TPSA) is 195 Å². The fraction of sp³-hybridized carbons (Fsp3) is 0.447. The Bertz CT molecular complexity index is 2290. The Morgan fingerprint density at radius 3 is 2.57 bits per heavy atom. The van der Waals surface area contributed by atoms with Crippen LogP contribution in [-0.2, 0) is 31.5 Å². The Hall–Kier alpha value is -5.38. The number of ether oxygens (including phenoxy) is 1. The van der Waals surface area contributed by atoms with Crippen LogP contribution >= 0.6 is 0 Å². The van der Waals surface area contributed by atoms with Crippen molar-refractivity contribution in [2.75, 3.05) is 6.54 Å². The lowest BCUT2D eigenvalue weighted by atomic mass is 10.0. The van der Waals surface area contributed by atoms with Crippen LogP contribution < -0.4 is 20.1 Å². The average Bonchev–Trinajstić information content (AvgIpc) is 4.05. The van der Waals surface area contributed by atoms with Gasteiger partial charge >= 0.3 is 0 Å². The molecule has 8 rings (SSSR count). The number of carbonyl (C=O) groups excluding carboxylic acids is 4. The van der Waals surface area contributed by atoms with Crippen LogP contribution in [0.2, 0.25) is 0 Å². The Morgan fingerprint density at radius 2 is 1.80 bits per heavy atom. The SMILES string of the molecule is Cn1ccc(C(=O)N[C@H]2CCCCC/C=C\C3C[C@@]3(C(=O)NS(=O)(=O)C3CC3)NC(=O)[C@@H]3C[C@@H](Oc4nc5ncccc5c5ccccc45)CN3C2=O)n1. The van der Waals surface area contributed by atoms with E-state index in [1.54, 1.807) is 25.5 Å². The number of nitrogens with zero attached hydrogens (tertiary/aromatic N) is 5. The minimum atomic E-state index is -3.89. The third-order valence-corrected chi connectivity index (χ3v) is 12.6. The number of rotatable bonds is 7. The van der Waals surface area contributed by atoms with Crippen molar-refractivity contribution < 1.29 is 32.3 Å². The largest absolute Gasteiger partial charge is 0.472 e. The number of hydrogen-bond acceptors (Lipinski definition) is 10. The van der Waals surface area contributed by atoms with E-state index in [4.69, 9.17) is 9.72 Å². The fourth-order valence-electron chi connectivity index (χ4n) is 7.62. The van der Waals surface area contributed by atoms with Gasteiger partial charge in [0, 0.05) is 42.6 Å². The Kier molecular flexibility index (Phi) is 9.32. The number of amides is 4. The van der Waals surface area contributed by atoms with Crippen LogP contribution in [0.25, 0.3) is 21.8 Å². The van der Waals surface area contributed by atoms with Crippen molar-refractivity contribution in [1.82, 2.24) is 40.0 Å². The van der Waals surface area contributed by atoms with E-state index in [0.29, 0.717) is 43.6 Å². The van der Waals surface area contributed by atoms with Crippen molar-refractivity contribution in [2.45, 2.75) is 86.8 Å². The maximum atomic E-state index is 14.6. The van der Waals surface area contributed by atoms with E-state index < -0.39 is 68.5 Å². The molecule has 3 aromatic heterocycles. The summed E-state index contributed by atoms with van der Waals surface area (Å²) in [6.07, 6.45) is 10.8. The molecule has 5 heterocycles. The lowest BCUT2D eigenvalue weighted by molar-refractivity contribution is -0.141. The molecule has 1 saturated heterocycles. The van der Waals surface area contributed by atoms with Crippen LogP contribution in [0.15, 0.2) is 67.0 Å². The Morgan fingerprint density at radius 1 is 1.00 bits per heavy atom. The number of nitrogens with one attached hydrogen (secondary N) is 3. The number of pyridine rings is 2. The molecule has 2 aliphatic heterocycles. The predicted octanol–water partition coefficient (Wildman–Crippen LogP) is 2.67. The van der Waals surface area contributed by atoms with Crippen LogP contribution in [0.3, 0.4) is 0 Å². The molecule has 3 fully saturated rings. The zero-order valence-corrected chi connectivity index (χ0v) is 30.6. The van der Waals surface area contributed by atoms with Gasteiger partial charge in [-0.2, -0.15) is 10.1 Å². The van der Waals surface area contributed by atoms with Crippen molar-refractivity contribution in [3.8, 4) is 5.88 Å². The van der Waals surface area contributed by atoms with E-state index in [-0.39, 0.29) is 25.1 Å². The quantitative estimate of drug-likeness (QED) is 0.187. The van der Waals surface area contributed by atoms with E-state index in [1.807, 2.05) is 48.6 Å². The maximum absolute atomic E-state index is 14.6. The molecule has 1 aromatic carbocycles. The van der Waals surface area contributed by atoms with Gasteiger partial charge in [-0.1, -0.05) is 43.2 Å². The first kappa shape index (κ1) is 35.6. The first-order valence-corrected chi connectivity index (χ1v) is 20.0. The van der Waals surface area contributed by atoms with Gasteiger partial charge in [0.2, 0.25) is 27.7 Å². The summed E-state index contributed by atoms with van der Waals surface area (Å²) in [7, 11) is -2.20. The summed E-state index contributed by atoms with van der Waals surface area (Å²) in [4.78, 5) is 66.7. The molecule has 1 unspecified atom stereocenters. The van der Waals surface area contributed by atoms with Gasteiger partial charge in [0.05, 0.1) is 11.8 Å². The number of hydrogen-bond donors (Lipinski definition) is 3. The molecule has 15 nitrogen and oxygen atoms in total. The van der Waals surface area contributed by atoms with Crippen molar-refractivity contribution in [3.63, 3.8) is 0 Å². The van der Waals surface area contributed by atoms with Gasteiger partial charge in [0.15, 0.2) is 5.65 Å². The van der Waals surface area contributed by atoms with Gasteiger partial charge in [0.1, 0.15) is 29.4 Å². The number of fused-ring (bicyclic) bond motifs is 5. The number of carbonyl (C=O) groups is 4. The van der Waals surface area contributed by atoms with E-state index >= 15 is 0 Å². The third-order valence-electron chi connectivity index (χ3n) is 10.8. The van der Waals surface area contributed by atoms with Gasteiger partial charge in [-0.3, -0.25) is 28.6 Å². The number of benzene rings is 1. The molecule has 5 atom stereocenters. The van der Waals surface area contributed by atoms with Crippen LogP contribution in [0.4, 0.5) is 0 Å². The minimum Gasteiger partial charge on any atom is -0.472 e. The molecule has 2 aliphatic carbocycles. The van der Waals surface area contributed by atoms with E-state index in [9.17, 15) is 27.6 Å². The van der Waals surface area contributed by atoms with E-state index in [2.05, 4.69) is 25.4 Å². The van der Waals surface area contributed by atoms with Gasteiger partial charge in [-0.15, -0.1) is 0 Å². The first-order chi connectivity index (χ1) is 26.0. The number of aromatic nitrogens is 4. The standard InChI is InChI=1S/C38H42N8O7S/c1-45-19-17-29(43-45)33(47)40-30-14-6-4-2-3-5-10-23-21-38(23,37(50)44-54(51,52)25-15-16-25)42-34(48)31-20-24(22-46(31)36(30)49)53-35-28-12-8-7-11-26(28)27-13-9-18-39-32(27)41-35/h5,7-13,17-19,23-25,30-31H,2-4,6,14-16,20-22H2,1H3,(H,40,47)(H,42,48)(H,44,50)/b10-5-/t23?,24-,30+,31+,38-/m1/s1. The van der Waals surface area contributed by atoms with E-state index in [0.717, 1.165) is 29.0 Å². The first-order valence-electron chi connectivity index (χ1n) is 18.5. The van der Waals surface area contributed by atoms with Crippen LogP contribution in [0, 0.1) is 5.92 Å². The lowest BCUT2D eigenvalue weighted by Gasteiger charge is -2.29. The highest BCUT2D eigenvalue weighted by Crippen LogP contribution is 2.46. The van der Waals surface area contributed by atoms with Crippen LogP contribution in [0.5, 0.6) is 5.88 Å². The second kappa shape index (κ2) is 14.1. The van der Waals surface area contributed by atoms with Gasteiger partial charge in [-0.05, 0) is 68.2 Å². The summed E-state index contributed by atoms with van der Waals surface area (Å²) in [5, 5.41) is 11.8. The van der Waals surface area contributed by atoms with Gasteiger partial charge in [-0.25, -0.2) is 13.4 Å². The van der Waals surface area contributed by atoms with Crippen molar-refractivity contribution in [3.05, 3.63) is 72.7 Å². The summed E-state index contributed by atoms with van der Waals surface area (Å²) in [5.41, 5.74) is -0.871. The molecule has 16 heteroatoms. The Labute approximate surface area is 312 Å². The predicted molar refractivity (Wildman–Crippen MR) is 197 cm³/mol. The molecule has 3 N–H and O–H groups in total. The second-order valence-electron chi connectivity index (χ2n) is 14.7. The smallest absolute Gasteiger partial charge is 0.272 e. The number of aryl methyl sites for hydroxylation is 1. The zero-order chi connectivity index (χ0) is 37.6. The monoisotopic (exact) mass is 754 g/mol. The summed E-state index contributed by atoms with van der Waals surface area (Å²) < 4.78 is 36.0. The average molecular weight is 755 g/mol. The number of allylic oxidation sites excluding steroid dienone is 1. The van der Waals surface area contributed by atoms with Crippen molar-refractivity contribution in [2.24, 2.45) is 13.0 Å². The zero-order valence-electron chi connectivity index (χ0n) is 29.8. The summed E-state index contributed by atoms with van der Waals surface area (Å²) in [5.74, 6) is -2.53.